The van der Waals surface area contributed by atoms with Crippen LogP contribution in [-0.4, -0.2) is 35.6 Å². The van der Waals surface area contributed by atoms with E-state index in [0.29, 0.717) is 11.6 Å². The second kappa shape index (κ2) is 5.87. The summed E-state index contributed by atoms with van der Waals surface area (Å²) >= 11 is 5.77. The molecule has 0 saturated carbocycles. The van der Waals surface area contributed by atoms with Crippen molar-refractivity contribution in [3.8, 4) is 0 Å². The number of likely N-dealkylation sites (N-methyl/N-ethyl adjacent to an activating group) is 1. The predicted molar refractivity (Wildman–Crippen MR) is 64.5 cm³/mol. The van der Waals surface area contributed by atoms with Crippen LogP contribution in [0.15, 0.2) is 24.3 Å². The minimum absolute atomic E-state index is 0.256. The fourth-order valence-corrected chi connectivity index (χ4v) is 1.50. The molecule has 4 heteroatoms. The Balaban J connectivity index is 2.45. The van der Waals surface area contributed by atoms with Gasteiger partial charge in [-0.15, -0.1) is 0 Å². The fourth-order valence-electron chi connectivity index (χ4n) is 1.38. The standard InChI is InChI=1S/C12H16ClNO2/c1-9(15)12(16)14(2)8-7-10-3-5-11(13)6-4-10/h3-6,9,15H,7-8H2,1-2H3. The molecular weight excluding hydrogens is 226 g/mol. The topological polar surface area (TPSA) is 40.5 Å². The first-order chi connectivity index (χ1) is 7.50. The minimum atomic E-state index is -0.935. The third-order valence-electron chi connectivity index (χ3n) is 2.38. The molecule has 0 aliphatic heterocycles. The Morgan fingerprint density at radius 1 is 1.44 bits per heavy atom. The van der Waals surface area contributed by atoms with Crippen LogP contribution < -0.4 is 0 Å². The highest BCUT2D eigenvalue weighted by molar-refractivity contribution is 6.30. The number of carbonyl (C=O) groups excluding carboxylic acids is 1. The third-order valence-corrected chi connectivity index (χ3v) is 2.63. The van der Waals surface area contributed by atoms with Crippen LogP contribution in [0.3, 0.4) is 0 Å². The van der Waals surface area contributed by atoms with Crippen LogP contribution in [0, 0.1) is 0 Å². The first-order valence-electron chi connectivity index (χ1n) is 5.18. The maximum Gasteiger partial charge on any atom is 0.250 e. The van der Waals surface area contributed by atoms with Gasteiger partial charge >= 0.3 is 0 Å². The number of halogens is 1. The molecule has 1 atom stereocenters. The van der Waals surface area contributed by atoms with E-state index in [-0.39, 0.29) is 5.91 Å². The van der Waals surface area contributed by atoms with Crippen molar-refractivity contribution in [2.75, 3.05) is 13.6 Å². The molecule has 0 saturated heterocycles. The molecule has 0 fully saturated rings. The molecule has 1 aromatic rings. The van der Waals surface area contributed by atoms with E-state index in [1.807, 2.05) is 24.3 Å². The molecule has 0 bridgehead atoms. The predicted octanol–water partition coefficient (Wildman–Crippen LogP) is 1.72. The Morgan fingerprint density at radius 2 is 2.00 bits per heavy atom. The number of carbonyl (C=O) groups is 1. The Morgan fingerprint density at radius 3 is 2.50 bits per heavy atom. The van der Waals surface area contributed by atoms with E-state index < -0.39 is 6.10 Å². The van der Waals surface area contributed by atoms with E-state index >= 15 is 0 Å². The van der Waals surface area contributed by atoms with Crippen molar-refractivity contribution < 1.29 is 9.90 Å². The first-order valence-corrected chi connectivity index (χ1v) is 5.56. The molecule has 0 heterocycles. The summed E-state index contributed by atoms with van der Waals surface area (Å²) in [7, 11) is 1.69. The lowest BCUT2D eigenvalue weighted by Gasteiger charge is -2.18. The van der Waals surface area contributed by atoms with Crippen molar-refractivity contribution >= 4 is 17.5 Å². The van der Waals surface area contributed by atoms with Crippen LogP contribution in [0.25, 0.3) is 0 Å². The second-order valence-corrected chi connectivity index (χ2v) is 4.25. The van der Waals surface area contributed by atoms with Gasteiger partial charge in [0.1, 0.15) is 6.10 Å². The zero-order chi connectivity index (χ0) is 12.1. The molecule has 0 spiro atoms. The van der Waals surface area contributed by atoms with Crippen LogP contribution in [0.4, 0.5) is 0 Å². The number of nitrogens with zero attached hydrogens (tertiary/aromatic N) is 1. The van der Waals surface area contributed by atoms with Gasteiger partial charge in [-0.3, -0.25) is 4.79 Å². The summed E-state index contributed by atoms with van der Waals surface area (Å²) in [6, 6.07) is 7.52. The normalized spacial score (nSPS) is 12.2. The van der Waals surface area contributed by atoms with Crippen molar-refractivity contribution in [1.82, 2.24) is 4.90 Å². The van der Waals surface area contributed by atoms with Crippen molar-refractivity contribution in [2.24, 2.45) is 0 Å². The molecular formula is C12H16ClNO2. The minimum Gasteiger partial charge on any atom is -0.384 e. The average molecular weight is 242 g/mol. The Labute approximate surface area is 101 Å². The number of benzene rings is 1. The smallest absolute Gasteiger partial charge is 0.250 e. The zero-order valence-electron chi connectivity index (χ0n) is 9.48. The highest BCUT2D eigenvalue weighted by Crippen LogP contribution is 2.10. The van der Waals surface area contributed by atoms with Crippen molar-refractivity contribution in [2.45, 2.75) is 19.4 Å². The monoisotopic (exact) mass is 241 g/mol. The molecule has 0 aliphatic rings. The summed E-state index contributed by atoms with van der Waals surface area (Å²) in [6.07, 6.45) is -0.179. The second-order valence-electron chi connectivity index (χ2n) is 3.81. The van der Waals surface area contributed by atoms with Crippen molar-refractivity contribution in [3.05, 3.63) is 34.9 Å². The number of hydrogen-bond acceptors (Lipinski definition) is 2. The molecule has 16 heavy (non-hydrogen) atoms. The number of amides is 1. The van der Waals surface area contributed by atoms with E-state index in [9.17, 15) is 4.79 Å². The van der Waals surface area contributed by atoms with E-state index in [2.05, 4.69) is 0 Å². The van der Waals surface area contributed by atoms with Crippen LogP contribution in [-0.2, 0) is 11.2 Å². The molecule has 1 unspecified atom stereocenters. The van der Waals surface area contributed by atoms with E-state index in [4.69, 9.17) is 16.7 Å². The summed E-state index contributed by atoms with van der Waals surface area (Å²) in [6.45, 7) is 2.06. The molecule has 0 aliphatic carbocycles. The van der Waals surface area contributed by atoms with Gasteiger partial charge in [-0.1, -0.05) is 23.7 Å². The molecule has 1 N–H and O–H groups in total. The van der Waals surface area contributed by atoms with Gasteiger partial charge in [-0.25, -0.2) is 0 Å². The number of hydrogen-bond donors (Lipinski definition) is 1. The summed E-state index contributed by atoms with van der Waals surface area (Å²) in [5.74, 6) is -0.256. The largest absolute Gasteiger partial charge is 0.384 e. The zero-order valence-corrected chi connectivity index (χ0v) is 10.2. The van der Waals surface area contributed by atoms with Crippen LogP contribution in [0.5, 0.6) is 0 Å². The maximum absolute atomic E-state index is 11.4. The van der Waals surface area contributed by atoms with Gasteiger partial charge in [-0.05, 0) is 31.0 Å². The SMILES string of the molecule is CC(O)C(=O)N(C)CCc1ccc(Cl)cc1. The van der Waals surface area contributed by atoms with Crippen LogP contribution >= 0.6 is 11.6 Å². The maximum atomic E-state index is 11.4. The highest BCUT2D eigenvalue weighted by Gasteiger charge is 2.13. The Kier molecular flexibility index (Phi) is 4.77. The molecule has 1 aromatic carbocycles. The lowest BCUT2D eigenvalue weighted by atomic mass is 10.1. The quantitative estimate of drug-likeness (QED) is 0.872. The van der Waals surface area contributed by atoms with Gasteiger partial charge in [-0.2, -0.15) is 0 Å². The highest BCUT2D eigenvalue weighted by atomic mass is 35.5. The van der Waals surface area contributed by atoms with Gasteiger partial charge in [0.25, 0.3) is 5.91 Å². The summed E-state index contributed by atoms with van der Waals surface area (Å²) in [5.41, 5.74) is 1.12. The third kappa shape index (κ3) is 3.83. The average Bonchev–Trinajstić information content (AvgIpc) is 2.26. The van der Waals surface area contributed by atoms with E-state index in [0.717, 1.165) is 12.0 Å². The van der Waals surface area contributed by atoms with Gasteiger partial charge in [0, 0.05) is 18.6 Å². The summed E-state index contributed by atoms with van der Waals surface area (Å²) in [5, 5.41) is 9.82. The van der Waals surface area contributed by atoms with E-state index in [1.165, 1.54) is 11.8 Å². The fraction of sp³-hybridized carbons (Fsp3) is 0.417. The van der Waals surface area contributed by atoms with Gasteiger partial charge < -0.3 is 10.0 Å². The molecule has 3 nitrogen and oxygen atoms in total. The van der Waals surface area contributed by atoms with Gasteiger partial charge in [0.2, 0.25) is 0 Å². The first kappa shape index (κ1) is 13.0. The lowest BCUT2D eigenvalue weighted by Crippen LogP contribution is -2.35. The molecule has 1 rings (SSSR count). The summed E-state index contributed by atoms with van der Waals surface area (Å²) in [4.78, 5) is 12.9. The summed E-state index contributed by atoms with van der Waals surface area (Å²) < 4.78 is 0. The van der Waals surface area contributed by atoms with Crippen LogP contribution in [0.2, 0.25) is 5.02 Å². The van der Waals surface area contributed by atoms with E-state index in [1.54, 1.807) is 7.05 Å². The molecule has 1 amide bonds. The molecule has 88 valence electrons. The number of rotatable bonds is 4. The molecule has 0 radical (unpaired) electrons. The number of aliphatic hydroxyl groups excluding tert-OH is 1. The Hall–Kier alpha value is -1.06. The number of aliphatic hydroxyl groups is 1. The van der Waals surface area contributed by atoms with Crippen molar-refractivity contribution in [3.63, 3.8) is 0 Å². The molecule has 0 aromatic heterocycles. The van der Waals surface area contributed by atoms with Gasteiger partial charge in [0.15, 0.2) is 0 Å². The Bertz CT molecular complexity index is 349. The van der Waals surface area contributed by atoms with Crippen LogP contribution in [0.1, 0.15) is 12.5 Å². The van der Waals surface area contributed by atoms with Crippen molar-refractivity contribution in [1.29, 1.82) is 0 Å². The van der Waals surface area contributed by atoms with Gasteiger partial charge in [0.05, 0.1) is 0 Å². The lowest BCUT2D eigenvalue weighted by molar-refractivity contribution is -0.137.